The van der Waals surface area contributed by atoms with Crippen molar-refractivity contribution in [1.82, 2.24) is 4.90 Å². The van der Waals surface area contributed by atoms with Gasteiger partial charge in [-0.05, 0) is 49.2 Å². The standard InChI is InChI=1S/C22H24Cl2N2O3/c1-26(17-6-4-3-5-7-17)22(28)14-8-10-16(11-9-14)25-21(27)15-12-18(23)20(29-2)19(24)13-15/h8-13,17H,3-7H2,1-2H3,(H,25,27). The van der Waals surface area contributed by atoms with Crippen molar-refractivity contribution in [2.75, 3.05) is 19.5 Å². The molecule has 2 aromatic rings. The van der Waals surface area contributed by atoms with Crippen LogP contribution in [0, 0.1) is 0 Å². The second-order valence-corrected chi connectivity index (χ2v) is 8.03. The minimum absolute atomic E-state index is 0.00324. The molecule has 0 aromatic heterocycles. The largest absolute Gasteiger partial charge is 0.494 e. The highest BCUT2D eigenvalue weighted by Crippen LogP contribution is 2.34. The first-order valence-corrected chi connectivity index (χ1v) is 10.4. The van der Waals surface area contributed by atoms with Gasteiger partial charge < -0.3 is 15.0 Å². The summed E-state index contributed by atoms with van der Waals surface area (Å²) in [5.41, 5.74) is 1.50. The number of rotatable bonds is 5. The summed E-state index contributed by atoms with van der Waals surface area (Å²) in [6.45, 7) is 0. The van der Waals surface area contributed by atoms with Gasteiger partial charge in [0.1, 0.15) is 0 Å². The molecule has 0 atom stereocenters. The monoisotopic (exact) mass is 434 g/mol. The molecule has 0 radical (unpaired) electrons. The number of hydrogen-bond donors (Lipinski definition) is 1. The van der Waals surface area contributed by atoms with E-state index in [9.17, 15) is 9.59 Å². The van der Waals surface area contributed by atoms with Gasteiger partial charge in [0.25, 0.3) is 11.8 Å². The molecule has 2 aromatic carbocycles. The van der Waals surface area contributed by atoms with E-state index in [-0.39, 0.29) is 21.9 Å². The minimum Gasteiger partial charge on any atom is -0.494 e. The van der Waals surface area contributed by atoms with Crippen LogP contribution in [0.1, 0.15) is 52.8 Å². The Bertz CT molecular complexity index is 870. The van der Waals surface area contributed by atoms with E-state index in [1.807, 2.05) is 11.9 Å². The molecule has 1 saturated carbocycles. The fraction of sp³-hybridized carbons (Fsp3) is 0.364. The zero-order valence-corrected chi connectivity index (χ0v) is 18.0. The van der Waals surface area contributed by atoms with Crippen molar-refractivity contribution in [3.8, 4) is 5.75 Å². The third kappa shape index (κ3) is 5.03. The summed E-state index contributed by atoms with van der Waals surface area (Å²) in [6, 6.07) is 10.2. The maximum absolute atomic E-state index is 12.7. The van der Waals surface area contributed by atoms with E-state index < -0.39 is 0 Å². The van der Waals surface area contributed by atoms with Crippen molar-refractivity contribution < 1.29 is 14.3 Å². The predicted octanol–water partition coefficient (Wildman–Crippen LogP) is 5.66. The van der Waals surface area contributed by atoms with Gasteiger partial charge >= 0.3 is 0 Å². The molecular formula is C22H24Cl2N2O3. The summed E-state index contributed by atoms with van der Waals surface area (Å²) in [4.78, 5) is 27.1. The van der Waals surface area contributed by atoms with Crippen molar-refractivity contribution in [2.45, 2.75) is 38.1 Å². The highest BCUT2D eigenvalue weighted by molar-refractivity contribution is 6.37. The van der Waals surface area contributed by atoms with Crippen LogP contribution in [0.25, 0.3) is 0 Å². The number of carbonyl (C=O) groups is 2. The molecule has 29 heavy (non-hydrogen) atoms. The molecule has 1 aliphatic carbocycles. The quantitative estimate of drug-likeness (QED) is 0.660. The van der Waals surface area contributed by atoms with Crippen molar-refractivity contribution >= 4 is 40.7 Å². The molecule has 5 nitrogen and oxygen atoms in total. The highest BCUT2D eigenvalue weighted by atomic mass is 35.5. The molecule has 0 spiro atoms. The van der Waals surface area contributed by atoms with E-state index in [1.54, 1.807) is 24.3 Å². The molecule has 0 unspecified atom stereocenters. The Hall–Kier alpha value is -2.24. The van der Waals surface area contributed by atoms with Crippen LogP contribution < -0.4 is 10.1 Å². The fourth-order valence-corrected chi connectivity index (χ4v) is 4.26. The van der Waals surface area contributed by atoms with Crippen molar-refractivity contribution in [1.29, 1.82) is 0 Å². The zero-order valence-electron chi connectivity index (χ0n) is 16.5. The highest BCUT2D eigenvalue weighted by Gasteiger charge is 2.23. The van der Waals surface area contributed by atoms with Gasteiger partial charge in [-0.2, -0.15) is 0 Å². The Labute approximate surface area is 180 Å². The lowest BCUT2D eigenvalue weighted by Crippen LogP contribution is -2.38. The molecule has 2 amide bonds. The lowest BCUT2D eigenvalue weighted by Gasteiger charge is -2.31. The summed E-state index contributed by atoms with van der Waals surface area (Å²) < 4.78 is 5.10. The number of benzene rings is 2. The van der Waals surface area contributed by atoms with Crippen LogP contribution in [0.3, 0.4) is 0 Å². The smallest absolute Gasteiger partial charge is 0.255 e. The molecule has 1 N–H and O–H groups in total. The molecular weight excluding hydrogens is 411 g/mol. The van der Waals surface area contributed by atoms with Gasteiger partial charge in [-0.25, -0.2) is 0 Å². The minimum atomic E-state index is -0.352. The van der Waals surface area contributed by atoms with Gasteiger partial charge in [-0.1, -0.05) is 42.5 Å². The molecule has 154 valence electrons. The number of halogens is 2. The van der Waals surface area contributed by atoms with E-state index >= 15 is 0 Å². The maximum atomic E-state index is 12.7. The Morgan fingerprint density at radius 3 is 2.14 bits per heavy atom. The lowest BCUT2D eigenvalue weighted by atomic mass is 9.94. The number of amides is 2. The van der Waals surface area contributed by atoms with Gasteiger partial charge in [0.05, 0.1) is 17.2 Å². The molecule has 0 bridgehead atoms. The lowest BCUT2D eigenvalue weighted by molar-refractivity contribution is 0.0696. The SMILES string of the molecule is COc1c(Cl)cc(C(=O)Nc2ccc(C(=O)N(C)C3CCCCC3)cc2)cc1Cl. The number of methoxy groups -OCH3 is 1. The second-order valence-electron chi connectivity index (χ2n) is 7.21. The Morgan fingerprint density at radius 2 is 1.59 bits per heavy atom. The number of nitrogens with zero attached hydrogens (tertiary/aromatic N) is 1. The second kappa shape index (κ2) is 9.51. The molecule has 1 aliphatic rings. The van der Waals surface area contributed by atoms with Crippen LogP contribution in [0.4, 0.5) is 5.69 Å². The van der Waals surface area contributed by atoms with E-state index in [1.165, 1.54) is 38.5 Å². The van der Waals surface area contributed by atoms with Crippen molar-refractivity contribution in [3.05, 3.63) is 57.6 Å². The van der Waals surface area contributed by atoms with Gasteiger partial charge in [0.15, 0.2) is 5.75 Å². The zero-order chi connectivity index (χ0) is 21.0. The topological polar surface area (TPSA) is 58.6 Å². The molecule has 3 rings (SSSR count). The number of hydrogen-bond acceptors (Lipinski definition) is 3. The number of nitrogens with one attached hydrogen (secondary N) is 1. The number of carbonyl (C=O) groups excluding carboxylic acids is 2. The van der Waals surface area contributed by atoms with Crippen LogP contribution >= 0.6 is 23.2 Å². The fourth-order valence-electron chi connectivity index (χ4n) is 3.62. The molecule has 7 heteroatoms. The van der Waals surface area contributed by atoms with E-state index in [2.05, 4.69) is 5.32 Å². The maximum Gasteiger partial charge on any atom is 0.255 e. The first-order chi connectivity index (χ1) is 13.9. The van der Waals surface area contributed by atoms with Gasteiger partial charge in [-0.15, -0.1) is 0 Å². The predicted molar refractivity (Wildman–Crippen MR) is 116 cm³/mol. The molecule has 0 saturated heterocycles. The summed E-state index contributed by atoms with van der Waals surface area (Å²) >= 11 is 12.2. The summed E-state index contributed by atoms with van der Waals surface area (Å²) in [6.07, 6.45) is 5.71. The van der Waals surface area contributed by atoms with E-state index in [4.69, 9.17) is 27.9 Å². The van der Waals surface area contributed by atoms with Crippen molar-refractivity contribution in [3.63, 3.8) is 0 Å². The number of ether oxygens (including phenoxy) is 1. The van der Waals surface area contributed by atoms with Crippen LogP contribution in [0.5, 0.6) is 5.75 Å². The van der Waals surface area contributed by atoms with E-state index in [0.29, 0.717) is 28.6 Å². The number of anilines is 1. The molecule has 1 fully saturated rings. The molecule has 0 heterocycles. The first kappa shape index (κ1) is 21.5. The van der Waals surface area contributed by atoms with Gasteiger partial charge in [0.2, 0.25) is 0 Å². The summed E-state index contributed by atoms with van der Waals surface area (Å²) in [5.74, 6) is -0.0202. The Morgan fingerprint density at radius 1 is 1.00 bits per heavy atom. The average molecular weight is 435 g/mol. The molecule has 0 aliphatic heterocycles. The van der Waals surface area contributed by atoms with E-state index in [0.717, 1.165) is 12.8 Å². The summed E-state index contributed by atoms with van der Waals surface area (Å²) in [5, 5.41) is 3.31. The first-order valence-electron chi connectivity index (χ1n) is 9.62. The Kier molecular flexibility index (Phi) is 7.04. The normalized spacial score (nSPS) is 14.3. The van der Waals surface area contributed by atoms with Gasteiger partial charge in [-0.3, -0.25) is 9.59 Å². The third-order valence-electron chi connectivity index (χ3n) is 5.30. The van der Waals surface area contributed by atoms with Crippen LogP contribution in [0.2, 0.25) is 10.0 Å². The van der Waals surface area contributed by atoms with Gasteiger partial charge in [0, 0.05) is 29.9 Å². The third-order valence-corrected chi connectivity index (χ3v) is 5.86. The van der Waals surface area contributed by atoms with Crippen LogP contribution in [0.15, 0.2) is 36.4 Å². The average Bonchev–Trinajstić information content (AvgIpc) is 2.73. The van der Waals surface area contributed by atoms with Crippen LogP contribution in [-0.2, 0) is 0 Å². The van der Waals surface area contributed by atoms with Crippen molar-refractivity contribution in [2.24, 2.45) is 0 Å². The Balaban J connectivity index is 1.67. The van der Waals surface area contributed by atoms with Crippen LogP contribution in [-0.4, -0.2) is 36.9 Å². The summed E-state index contributed by atoms with van der Waals surface area (Å²) in [7, 11) is 3.33.